The van der Waals surface area contributed by atoms with E-state index in [-0.39, 0.29) is 16.1 Å². The summed E-state index contributed by atoms with van der Waals surface area (Å²) in [6.07, 6.45) is 0. The normalized spacial score (nSPS) is 16.3. The van der Waals surface area contributed by atoms with Crippen LogP contribution in [0.25, 0.3) is 0 Å². The summed E-state index contributed by atoms with van der Waals surface area (Å²) >= 11 is 1.25. The fourth-order valence-corrected chi connectivity index (χ4v) is 3.64. The van der Waals surface area contributed by atoms with Gasteiger partial charge in [0.2, 0.25) is 0 Å². The Kier molecular flexibility index (Phi) is 3.26. The Bertz CT molecular complexity index is 454. The third kappa shape index (κ3) is 2.39. The lowest BCUT2D eigenvalue weighted by Crippen LogP contribution is -2.12. The Hall–Kier alpha value is -0.420. The molecule has 15 heavy (non-hydrogen) atoms. The van der Waals surface area contributed by atoms with E-state index in [0.717, 1.165) is 0 Å². The number of nitrogens with one attached hydrogen (secondary N) is 1. The van der Waals surface area contributed by atoms with Gasteiger partial charge in [0.15, 0.2) is 5.82 Å². The van der Waals surface area contributed by atoms with Crippen LogP contribution in [0.2, 0.25) is 0 Å². The van der Waals surface area contributed by atoms with Crippen molar-refractivity contribution in [3.63, 3.8) is 0 Å². The van der Waals surface area contributed by atoms with Gasteiger partial charge in [0.25, 0.3) is 0 Å². The molecule has 1 aromatic rings. The lowest BCUT2D eigenvalue weighted by molar-refractivity contribution is 0.523. The van der Waals surface area contributed by atoms with Crippen LogP contribution in [-0.2, 0) is 15.1 Å². The fraction of sp³-hybridized carbons (Fsp3) is 0.600. The first-order valence-electron chi connectivity index (χ1n) is 4.74. The van der Waals surface area contributed by atoms with E-state index in [1.165, 1.54) is 16.7 Å². The molecule has 1 N–H and O–H groups in total. The van der Waals surface area contributed by atoms with Gasteiger partial charge in [-0.05, 0) is 5.41 Å². The molecule has 1 heterocycles. The second-order valence-electron chi connectivity index (χ2n) is 4.46. The molecular formula is C10H16FNOS2. The Labute approximate surface area is 94.5 Å². The topological polar surface area (TPSA) is 40.9 Å². The minimum atomic E-state index is -2.93. The van der Waals surface area contributed by atoms with E-state index in [1.54, 1.807) is 6.92 Å². The molecule has 0 spiro atoms. The summed E-state index contributed by atoms with van der Waals surface area (Å²) in [5, 5.41) is 1.52. The predicted octanol–water partition coefficient (Wildman–Crippen LogP) is 3.61. The first kappa shape index (κ1) is 12.6. The molecule has 0 aromatic carbocycles. The first-order valence-corrected chi connectivity index (χ1v) is 7.35. The van der Waals surface area contributed by atoms with Crippen molar-refractivity contribution in [1.82, 2.24) is 0 Å². The molecule has 0 amide bonds. The zero-order chi connectivity index (χ0) is 11.9. The average Bonchev–Trinajstić information content (AvgIpc) is 2.46. The van der Waals surface area contributed by atoms with Crippen molar-refractivity contribution < 1.29 is 8.60 Å². The minimum absolute atomic E-state index is 0.0694. The van der Waals surface area contributed by atoms with Gasteiger partial charge in [-0.15, -0.1) is 11.3 Å². The highest BCUT2D eigenvalue weighted by Crippen LogP contribution is 2.34. The third-order valence-electron chi connectivity index (χ3n) is 2.14. The maximum absolute atomic E-state index is 13.9. The van der Waals surface area contributed by atoms with Crippen LogP contribution in [0.1, 0.15) is 32.6 Å². The number of hydrogen-bond donors (Lipinski definition) is 1. The average molecular weight is 249 g/mol. The van der Waals surface area contributed by atoms with Gasteiger partial charge in [-0.25, -0.2) is 13.4 Å². The summed E-state index contributed by atoms with van der Waals surface area (Å²) in [5.41, 5.74) is -0.295. The van der Waals surface area contributed by atoms with Gasteiger partial charge in [0, 0.05) is 16.0 Å². The smallest absolute Gasteiger partial charge is 0.154 e. The molecule has 0 saturated carbocycles. The summed E-state index contributed by atoms with van der Waals surface area (Å²) in [7, 11) is -2.93. The van der Waals surface area contributed by atoms with Crippen molar-refractivity contribution in [1.29, 1.82) is 4.78 Å². The lowest BCUT2D eigenvalue weighted by Gasteiger charge is -2.16. The van der Waals surface area contributed by atoms with Crippen molar-refractivity contribution in [2.45, 2.75) is 38.0 Å². The summed E-state index contributed by atoms with van der Waals surface area (Å²) in [4.78, 5) is 0.644. The highest BCUT2D eigenvalue weighted by atomic mass is 32.2. The van der Waals surface area contributed by atoms with Crippen LogP contribution >= 0.6 is 11.3 Å². The zero-order valence-corrected chi connectivity index (χ0v) is 11.0. The van der Waals surface area contributed by atoms with Gasteiger partial charge >= 0.3 is 0 Å². The standard InChI is InChI=1S/C10H16FNOS2/c1-5-15(12,13)7-6-14-9(8(7)11)10(2,3)4/h6,12H,5H2,1-4H3. The molecule has 0 fully saturated rings. The van der Waals surface area contributed by atoms with Crippen LogP contribution in [0.5, 0.6) is 0 Å². The van der Waals surface area contributed by atoms with Crippen molar-refractivity contribution in [3.8, 4) is 0 Å². The molecule has 0 bridgehead atoms. The van der Waals surface area contributed by atoms with E-state index in [9.17, 15) is 8.60 Å². The van der Waals surface area contributed by atoms with E-state index >= 15 is 0 Å². The molecule has 1 atom stereocenters. The highest BCUT2D eigenvalue weighted by Gasteiger charge is 2.26. The van der Waals surface area contributed by atoms with Crippen LogP contribution in [0.15, 0.2) is 10.3 Å². The quantitative estimate of drug-likeness (QED) is 0.854. The third-order valence-corrected chi connectivity index (χ3v) is 5.49. The molecule has 1 rings (SSSR count). The minimum Gasteiger partial charge on any atom is -0.249 e. The van der Waals surface area contributed by atoms with Crippen LogP contribution in [-0.4, -0.2) is 9.96 Å². The Morgan fingerprint density at radius 2 is 2.07 bits per heavy atom. The van der Waals surface area contributed by atoms with Gasteiger partial charge in [-0.2, -0.15) is 0 Å². The summed E-state index contributed by atoms with van der Waals surface area (Å²) < 4.78 is 33.2. The van der Waals surface area contributed by atoms with Crippen molar-refractivity contribution in [3.05, 3.63) is 16.1 Å². The van der Waals surface area contributed by atoms with Crippen LogP contribution in [0, 0.1) is 10.6 Å². The fourth-order valence-electron chi connectivity index (χ4n) is 1.21. The number of thiophene rings is 1. The number of hydrogen-bond acceptors (Lipinski definition) is 3. The van der Waals surface area contributed by atoms with E-state index < -0.39 is 15.5 Å². The zero-order valence-electron chi connectivity index (χ0n) is 9.39. The molecule has 1 unspecified atom stereocenters. The first-order chi connectivity index (χ1) is 6.70. The molecule has 86 valence electrons. The van der Waals surface area contributed by atoms with E-state index in [1.807, 2.05) is 20.8 Å². The summed E-state index contributed by atoms with van der Waals surface area (Å²) in [6.45, 7) is 7.36. The second-order valence-corrected chi connectivity index (χ2v) is 7.70. The Morgan fingerprint density at radius 1 is 1.53 bits per heavy atom. The summed E-state index contributed by atoms with van der Waals surface area (Å²) in [5.74, 6) is -0.293. The lowest BCUT2D eigenvalue weighted by atomic mass is 9.94. The molecule has 0 aliphatic carbocycles. The van der Waals surface area contributed by atoms with Crippen molar-refractivity contribution >= 4 is 21.1 Å². The number of halogens is 1. The van der Waals surface area contributed by atoms with Gasteiger partial charge < -0.3 is 0 Å². The van der Waals surface area contributed by atoms with Crippen molar-refractivity contribution in [2.75, 3.05) is 5.75 Å². The SMILES string of the molecule is CCS(=N)(=O)c1csc(C(C)(C)C)c1F. The molecular weight excluding hydrogens is 233 g/mol. The monoisotopic (exact) mass is 249 g/mol. The highest BCUT2D eigenvalue weighted by molar-refractivity contribution is 7.92. The Balaban J connectivity index is 3.35. The maximum Gasteiger partial charge on any atom is 0.154 e. The Morgan fingerprint density at radius 3 is 2.40 bits per heavy atom. The van der Waals surface area contributed by atoms with Crippen LogP contribution in [0.3, 0.4) is 0 Å². The summed E-state index contributed by atoms with van der Waals surface area (Å²) in [6, 6.07) is 0. The van der Waals surface area contributed by atoms with E-state index in [2.05, 4.69) is 0 Å². The van der Waals surface area contributed by atoms with Crippen LogP contribution in [0.4, 0.5) is 4.39 Å². The van der Waals surface area contributed by atoms with Crippen molar-refractivity contribution in [2.24, 2.45) is 0 Å². The largest absolute Gasteiger partial charge is 0.249 e. The molecule has 2 nitrogen and oxygen atoms in total. The molecule has 1 aromatic heterocycles. The molecule has 0 saturated heterocycles. The molecule has 0 radical (unpaired) electrons. The van der Waals surface area contributed by atoms with Gasteiger partial charge in [0.1, 0.15) is 0 Å². The number of rotatable bonds is 2. The second kappa shape index (κ2) is 3.87. The van der Waals surface area contributed by atoms with Crippen LogP contribution < -0.4 is 0 Å². The molecule has 5 heteroatoms. The van der Waals surface area contributed by atoms with E-state index in [4.69, 9.17) is 4.78 Å². The van der Waals surface area contributed by atoms with Gasteiger partial charge in [-0.1, -0.05) is 27.7 Å². The predicted molar refractivity (Wildman–Crippen MR) is 62.6 cm³/mol. The maximum atomic E-state index is 13.9. The molecule has 0 aliphatic heterocycles. The van der Waals surface area contributed by atoms with Gasteiger partial charge in [0.05, 0.1) is 14.6 Å². The molecule has 0 aliphatic rings. The van der Waals surface area contributed by atoms with Gasteiger partial charge in [-0.3, -0.25) is 0 Å². The van der Waals surface area contributed by atoms with E-state index in [0.29, 0.717) is 4.88 Å².